The Morgan fingerprint density at radius 3 is 2.78 bits per heavy atom. The number of nitrogens with zero attached hydrogens (tertiary/aromatic N) is 2. The first kappa shape index (κ1) is 20.3. The first-order valence-corrected chi connectivity index (χ1v) is 10.3. The van der Waals surface area contributed by atoms with Crippen molar-refractivity contribution in [3.63, 3.8) is 0 Å². The molecule has 1 aromatic carbocycles. The molecule has 1 amide bonds. The van der Waals surface area contributed by atoms with Crippen LogP contribution in [-0.2, 0) is 16.1 Å². The molecule has 5 heteroatoms. The van der Waals surface area contributed by atoms with Crippen molar-refractivity contribution in [2.45, 2.75) is 52.2 Å². The summed E-state index contributed by atoms with van der Waals surface area (Å²) in [5.74, 6) is 0.158. The van der Waals surface area contributed by atoms with E-state index in [1.807, 2.05) is 11.8 Å². The number of aliphatic hydroxyl groups is 1. The molecule has 1 aromatic rings. The summed E-state index contributed by atoms with van der Waals surface area (Å²) in [6.45, 7) is 9.34. The zero-order valence-electron chi connectivity index (χ0n) is 16.8. The predicted molar refractivity (Wildman–Crippen MR) is 106 cm³/mol. The second-order valence-electron chi connectivity index (χ2n) is 8.23. The first-order valence-electron chi connectivity index (χ1n) is 10.3. The smallest absolute Gasteiger partial charge is 0.224 e. The average Bonchev–Trinajstić information content (AvgIpc) is 2.67. The number of likely N-dealkylation sites (tertiary alicyclic amines) is 2. The van der Waals surface area contributed by atoms with Gasteiger partial charge in [-0.3, -0.25) is 9.69 Å². The van der Waals surface area contributed by atoms with Gasteiger partial charge in [-0.05, 0) is 38.7 Å². The lowest BCUT2D eigenvalue weighted by Crippen LogP contribution is -2.59. The van der Waals surface area contributed by atoms with Crippen LogP contribution in [0.2, 0.25) is 0 Å². The Labute approximate surface area is 163 Å². The maximum Gasteiger partial charge on any atom is 0.224 e. The van der Waals surface area contributed by atoms with E-state index < -0.39 is 0 Å². The van der Waals surface area contributed by atoms with Gasteiger partial charge in [0.25, 0.3) is 0 Å². The maximum absolute atomic E-state index is 12.6. The Hall–Kier alpha value is -1.43. The Morgan fingerprint density at radius 1 is 1.26 bits per heavy atom. The molecule has 0 radical (unpaired) electrons. The van der Waals surface area contributed by atoms with Crippen LogP contribution in [0.5, 0.6) is 0 Å². The molecule has 0 bridgehead atoms. The summed E-state index contributed by atoms with van der Waals surface area (Å²) in [7, 11) is 0. The van der Waals surface area contributed by atoms with Crippen LogP contribution in [0, 0.1) is 12.3 Å². The number of ether oxygens (including phenoxy) is 1. The number of carbonyl (C=O) groups excluding carboxylic acids is 1. The van der Waals surface area contributed by atoms with Crippen molar-refractivity contribution < 1.29 is 14.6 Å². The van der Waals surface area contributed by atoms with Gasteiger partial charge in [0.05, 0.1) is 19.1 Å². The van der Waals surface area contributed by atoms with Gasteiger partial charge < -0.3 is 14.7 Å². The van der Waals surface area contributed by atoms with Gasteiger partial charge in [-0.25, -0.2) is 0 Å². The highest BCUT2D eigenvalue weighted by atomic mass is 16.5. The van der Waals surface area contributed by atoms with Crippen LogP contribution in [-0.4, -0.2) is 66.3 Å². The fraction of sp³-hybridized carbons (Fsp3) is 0.682. The van der Waals surface area contributed by atoms with Gasteiger partial charge >= 0.3 is 0 Å². The summed E-state index contributed by atoms with van der Waals surface area (Å²) in [5, 5.41) is 10.8. The minimum atomic E-state index is -0.325. The number of hydrogen-bond acceptors (Lipinski definition) is 4. The van der Waals surface area contributed by atoms with E-state index in [2.05, 4.69) is 36.1 Å². The Bertz CT molecular complexity index is 618. The van der Waals surface area contributed by atoms with Gasteiger partial charge in [0.2, 0.25) is 5.91 Å². The number of amides is 1. The number of aryl methyl sites for hydroxylation is 1. The van der Waals surface area contributed by atoms with Gasteiger partial charge in [-0.15, -0.1) is 0 Å². The molecule has 2 aliphatic rings. The molecule has 2 heterocycles. The molecule has 1 N–H and O–H groups in total. The molecule has 3 rings (SSSR count). The summed E-state index contributed by atoms with van der Waals surface area (Å²) in [5.41, 5.74) is 2.40. The lowest BCUT2D eigenvalue weighted by Gasteiger charge is -2.51. The summed E-state index contributed by atoms with van der Waals surface area (Å²) in [6, 6.07) is 8.70. The van der Waals surface area contributed by atoms with E-state index in [0.717, 1.165) is 45.4 Å². The topological polar surface area (TPSA) is 53.0 Å². The minimum absolute atomic E-state index is 0.158. The molecule has 0 saturated carbocycles. The summed E-state index contributed by atoms with van der Waals surface area (Å²) >= 11 is 0. The molecule has 0 aliphatic carbocycles. The highest BCUT2D eigenvalue weighted by Gasteiger charge is 2.46. The lowest BCUT2D eigenvalue weighted by atomic mass is 9.71. The molecule has 5 nitrogen and oxygen atoms in total. The van der Waals surface area contributed by atoms with E-state index in [0.29, 0.717) is 26.2 Å². The number of aliphatic hydroxyl groups excluding tert-OH is 1. The standard InChI is InChI=1S/C22H34N2O3/c1-3-27-14-10-21(26)24-12-4-11-22(17-24)16-23(13-9-20(22)25)15-19-7-5-18(2)6-8-19/h5-8,20,25H,3-4,9-17H2,1-2H3/t20-,22-/m1/s1. The minimum Gasteiger partial charge on any atom is -0.392 e. The SMILES string of the molecule is CCOCCC(=O)N1CCC[C@@]2(CN(Cc3ccc(C)cc3)CC[C@H]2O)C1. The lowest BCUT2D eigenvalue weighted by molar-refractivity contribution is -0.142. The molecule has 27 heavy (non-hydrogen) atoms. The van der Waals surface area contributed by atoms with Crippen molar-refractivity contribution in [1.29, 1.82) is 0 Å². The van der Waals surface area contributed by atoms with E-state index >= 15 is 0 Å². The molecule has 0 aromatic heterocycles. The Kier molecular flexibility index (Phi) is 6.90. The second-order valence-corrected chi connectivity index (χ2v) is 8.23. The number of hydrogen-bond donors (Lipinski definition) is 1. The van der Waals surface area contributed by atoms with Crippen LogP contribution in [0.3, 0.4) is 0 Å². The van der Waals surface area contributed by atoms with Crippen molar-refractivity contribution in [3.05, 3.63) is 35.4 Å². The number of carbonyl (C=O) groups is 1. The molecule has 150 valence electrons. The quantitative estimate of drug-likeness (QED) is 0.778. The summed E-state index contributed by atoms with van der Waals surface area (Å²) in [4.78, 5) is 17.0. The van der Waals surface area contributed by atoms with Gasteiger partial charge in [-0.2, -0.15) is 0 Å². The molecule has 2 aliphatic heterocycles. The fourth-order valence-electron chi connectivity index (χ4n) is 4.56. The zero-order valence-corrected chi connectivity index (χ0v) is 16.8. The van der Waals surface area contributed by atoms with Crippen LogP contribution in [0.15, 0.2) is 24.3 Å². The first-order chi connectivity index (χ1) is 13.0. The third-order valence-corrected chi connectivity index (χ3v) is 6.12. The van der Waals surface area contributed by atoms with Crippen molar-refractivity contribution in [1.82, 2.24) is 9.80 Å². The van der Waals surface area contributed by atoms with E-state index in [4.69, 9.17) is 4.74 Å². The molecular formula is C22H34N2O3. The van der Waals surface area contributed by atoms with Crippen molar-refractivity contribution in [2.24, 2.45) is 5.41 Å². The monoisotopic (exact) mass is 374 g/mol. The molecule has 2 atom stereocenters. The Morgan fingerprint density at radius 2 is 2.04 bits per heavy atom. The molecule has 1 spiro atoms. The number of piperidine rings is 2. The maximum atomic E-state index is 12.6. The number of benzene rings is 1. The molecular weight excluding hydrogens is 340 g/mol. The molecule has 0 unspecified atom stereocenters. The zero-order chi connectivity index (χ0) is 19.3. The van der Waals surface area contributed by atoms with Crippen LogP contribution in [0.1, 0.15) is 43.7 Å². The number of rotatable bonds is 6. The van der Waals surface area contributed by atoms with E-state index in [9.17, 15) is 9.90 Å². The van der Waals surface area contributed by atoms with E-state index in [1.165, 1.54) is 11.1 Å². The van der Waals surface area contributed by atoms with Gasteiger partial charge in [-0.1, -0.05) is 29.8 Å². The predicted octanol–water partition coefficient (Wildman–Crippen LogP) is 2.60. The van der Waals surface area contributed by atoms with Crippen LogP contribution in [0.25, 0.3) is 0 Å². The fourth-order valence-corrected chi connectivity index (χ4v) is 4.56. The van der Waals surface area contributed by atoms with Crippen LogP contribution >= 0.6 is 0 Å². The van der Waals surface area contributed by atoms with Gasteiger partial charge in [0.15, 0.2) is 0 Å². The molecule has 2 saturated heterocycles. The highest BCUT2D eigenvalue weighted by Crippen LogP contribution is 2.39. The average molecular weight is 375 g/mol. The third-order valence-electron chi connectivity index (χ3n) is 6.12. The summed E-state index contributed by atoms with van der Waals surface area (Å²) < 4.78 is 5.34. The van der Waals surface area contributed by atoms with E-state index in [-0.39, 0.29) is 17.4 Å². The largest absolute Gasteiger partial charge is 0.392 e. The highest BCUT2D eigenvalue weighted by molar-refractivity contribution is 5.76. The Balaban J connectivity index is 1.63. The third kappa shape index (κ3) is 5.09. The summed E-state index contributed by atoms with van der Waals surface area (Å²) in [6.07, 6.45) is 2.86. The van der Waals surface area contributed by atoms with Gasteiger partial charge in [0.1, 0.15) is 0 Å². The molecule has 2 fully saturated rings. The van der Waals surface area contributed by atoms with Crippen LogP contribution < -0.4 is 0 Å². The van der Waals surface area contributed by atoms with Crippen LogP contribution in [0.4, 0.5) is 0 Å². The van der Waals surface area contributed by atoms with Crippen molar-refractivity contribution in [2.75, 3.05) is 39.4 Å². The van der Waals surface area contributed by atoms with Crippen molar-refractivity contribution >= 4 is 5.91 Å². The van der Waals surface area contributed by atoms with E-state index in [1.54, 1.807) is 0 Å². The van der Waals surface area contributed by atoms with Crippen molar-refractivity contribution in [3.8, 4) is 0 Å². The van der Waals surface area contributed by atoms with Gasteiger partial charge in [0, 0.05) is 44.7 Å². The normalized spacial score (nSPS) is 26.5. The second kappa shape index (κ2) is 9.18.